The van der Waals surface area contributed by atoms with Crippen molar-refractivity contribution in [3.05, 3.63) is 47.6 Å². The molecule has 3 fully saturated rings. The van der Waals surface area contributed by atoms with Gasteiger partial charge in [0.25, 0.3) is 0 Å². The van der Waals surface area contributed by atoms with Crippen molar-refractivity contribution >= 4 is 5.78 Å². The van der Waals surface area contributed by atoms with Crippen LogP contribution in [0.4, 0.5) is 0 Å². The molecule has 2 N–H and O–H groups in total. The predicted molar refractivity (Wildman–Crippen MR) is 143 cm³/mol. The topological polar surface area (TPSA) is 57.5 Å². The van der Waals surface area contributed by atoms with Crippen LogP contribution in [0.5, 0.6) is 0 Å². The quantitative estimate of drug-likeness (QED) is 0.413. The number of hydrogen-bond donors (Lipinski definition) is 2. The van der Waals surface area contributed by atoms with E-state index in [1.165, 1.54) is 31.3 Å². The molecule has 6 atom stereocenters. The normalized spacial score (nSPS) is 35.3. The molecular weight excluding hydrogens is 420 g/mol. The van der Waals surface area contributed by atoms with Crippen LogP contribution in [0.3, 0.4) is 0 Å². The van der Waals surface area contributed by atoms with Crippen molar-refractivity contribution < 1.29 is 15.0 Å². The molecule has 3 saturated carbocycles. The van der Waals surface area contributed by atoms with Gasteiger partial charge in [0.15, 0.2) is 5.78 Å². The van der Waals surface area contributed by atoms with Crippen LogP contribution in [0.15, 0.2) is 47.6 Å². The van der Waals surface area contributed by atoms with Gasteiger partial charge in [-0.15, -0.1) is 0 Å². The monoisotopic (exact) mass is 470 g/mol. The molecule has 0 bridgehead atoms. The van der Waals surface area contributed by atoms with Gasteiger partial charge >= 0.3 is 0 Å². The fraction of sp³-hybridized carbons (Fsp3) is 0.710. The van der Waals surface area contributed by atoms with Crippen molar-refractivity contribution in [1.82, 2.24) is 0 Å². The van der Waals surface area contributed by atoms with Crippen molar-refractivity contribution in [3.63, 3.8) is 0 Å². The zero-order chi connectivity index (χ0) is 25.7. The Morgan fingerprint density at radius 2 is 1.88 bits per heavy atom. The maximum atomic E-state index is 12.2. The molecule has 0 heterocycles. The number of rotatable bonds is 5. The summed E-state index contributed by atoms with van der Waals surface area (Å²) in [6.45, 7) is 18.8. The summed E-state index contributed by atoms with van der Waals surface area (Å²) >= 11 is 0. The minimum atomic E-state index is -0.630. The van der Waals surface area contributed by atoms with Crippen molar-refractivity contribution in [1.29, 1.82) is 0 Å². The van der Waals surface area contributed by atoms with E-state index >= 15 is 0 Å². The Morgan fingerprint density at radius 3 is 2.53 bits per heavy atom. The molecule has 192 valence electrons. The second-order valence-corrected chi connectivity index (χ2v) is 11.9. The number of carbonyl (C=O) groups is 1. The zero-order valence-electron chi connectivity index (χ0n) is 22.9. The van der Waals surface area contributed by atoms with Gasteiger partial charge in [-0.3, -0.25) is 4.79 Å². The molecule has 0 aromatic heterocycles. The lowest BCUT2D eigenvalue weighted by molar-refractivity contribution is -0.121. The highest BCUT2D eigenvalue weighted by atomic mass is 16.3. The molecule has 0 amide bonds. The van der Waals surface area contributed by atoms with Gasteiger partial charge in [-0.2, -0.15) is 0 Å². The Balaban J connectivity index is 0.00000199. The summed E-state index contributed by atoms with van der Waals surface area (Å²) < 4.78 is 0. The van der Waals surface area contributed by atoms with Gasteiger partial charge in [0.05, 0.1) is 12.2 Å². The number of fused-ring (bicyclic) bond motifs is 1. The standard InChI is InChI=1S/C29H44O3.C2H6/c1-19(9-7-11-27(32)28(3,4)5)24-14-15-25-21(10-8-16-29(24,25)6)12-13-22-17-23(30)18-26(31)20(22)2;1-2/h7,11-13,19,23-26,30-31H,2,8-10,14-18H2,1,3-6H3;1-2H3/b11-7+,21-12+,22-13-;/t19-,23-,24-,25+,26+,29-;/m1./s1. The highest BCUT2D eigenvalue weighted by Gasteiger charge is 2.50. The van der Waals surface area contributed by atoms with E-state index in [1.54, 1.807) is 6.08 Å². The van der Waals surface area contributed by atoms with Crippen LogP contribution in [-0.2, 0) is 4.79 Å². The SMILES string of the molecule is C=C1/C(=C\C=C2/CCC[C@]3(C)[C@@H]([C@H](C)C/C=C/C(=O)C(C)(C)C)CC[C@@H]23)C[C@@H](O)C[C@@H]1O.CC. The second kappa shape index (κ2) is 12.0. The lowest BCUT2D eigenvalue weighted by Crippen LogP contribution is -2.35. The first-order valence-electron chi connectivity index (χ1n) is 13.6. The van der Waals surface area contributed by atoms with E-state index in [9.17, 15) is 15.0 Å². The number of allylic oxidation sites excluding steroid dienone is 5. The lowest BCUT2D eigenvalue weighted by atomic mass is 9.61. The molecule has 0 aromatic rings. The first-order valence-corrected chi connectivity index (χ1v) is 13.6. The van der Waals surface area contributed by atoms with Gasteiger partial charge in [-0.25, -0.2) is 0 Å². The summed E-state index contributed by atoms with van der Waals surface area (Å²) in [4.78, 5) is 12.2. The number of aliphatic hydroxyl groups is 2. The van der Waals surface area contributed by atoms with E-state index in [1.807, 2.05) is 34.6 Å². The van der Waals surface area contributed by atoms with Crippen LogP contribution in [0.1, 0.15) is 99.8 Å². The third kappa shape index (κ3) is 6.61. The molecule has 3 heteroatoms. The van der Waals surface area contributed by atoms with Gasteiger partial charge in [-0.1, -0.05) is 78.8 Å². The van der Waals surface area contributed by atoms with Crippen molar-refractivity contribution in [2.45, 2.75) is 112 Å². The molecule has 3 rings (SSSR count). The van der Waals surface area contributed by atoms with Crippen molar-refractivity contribution in [2.75, 3.05) is 0 Å². The molecule has 0 aliphatic heterocycles. The number of aliphatic hydroxyl groups excluding tert-OH is 2. The fourth-order valence-electron chi connectivity index (χ4n) is 6.48. The molecular formula is C31H50O3. The van der Waals surface area contributed by atoms with Crippen LogP contribution in [0, 0.1) is 28.6 Å². The molecule has 3 aliphatic carbocycles. The summed E-state index contributed by atoms with van der Waals surface area (Å²) in [6.07, 6.45) is 15.2. The zero-order valence-corrected chi connectivity index (χ0v) is 22.9. The number of carbonyl (C=O) groups excluding carboxylic acids is 1. The number of hydrogen-bond acceptors (Lipinski definition) is 3. The van der Waals surface area contributed by atoms with E-state index in [0.717, 1.165) is 24.0 Å². The first kappa shape index (κ1) is 28.8. The summed E-state index contributed by atoms with van der Waals surface area (Å²) in [5.74, 6) is 2.05. The maximum Gasteiger partial charge on any atom is 0.160 e. The second-order valence-electron chi connectivity index (χ2n) is 11.9. The lowest BCUT2D eigenvalue weighted by Gasteiger charge is -2.44. The Labute approximate surface area is 209 Å². The summed E-state index contributed by atoms with van der Waals surface area (Å²) in [5.41, 5.74) is 3.29. The Kier molecular flexibility index (Phi) is 10.2. The average Bonchev–Trinajstić information content (AvgIpc) is 3.13. The van der Waals surface area contributed by atoms with Crippen LogP contribution >= 0.6 is 0 Å². The first-order chi connectivity index (χ1) is 15.9. The minimum Gasteiger partial charge on any atom is -0.393 e. The van der Waals surface area contributed by atoms with E-state index in [0.29, 0.717) is 36.0 Å². The molecule has 34 heavy (non-hydrogen) atoms. The van der Waals surface area contributed by atoms with E-state index in [2.05, 4.69) is 38.7 Å². The molecule has 0 unspecified atom stereocenters. The predicted octanol–water partition coefficient (Wildman–Crippen LogP) is 7.35. The van der Waals surface area contributed by atoms with E-state index in [4.69, 9.17) is 0 Å². The molecule has 0 spiro atoms. The highest BCUT2D eigenvalue weighted by molar-refractivity contribution is 5.93. The van der Waals surface area contributed by atoms with E-state index in [-0.39, 0.29) is 11.2 Å². The molecule has 3 nitrogen and oxygen atoms in total. The smallest absolute Gasteiger partial charge is 0.160 e. The largest absolute Gasteiger partial charge is 0.393 e. The van der Waals surface area contributed by atoms with Gasteiger partial charge in [0.1, 0.15) is 0 Å². The molecule has 0 radical (unpaired) electrons. The molecule has 0 saturated heterocycles. The summed E-state index contributed by atoms with van der Waals surface area (Å²) in [6, 6.07) is 0. The number of ketones is 1. The minimum absolute atomic E-state index is 0.204. The van der Waals surface area contributed by atoms with Crippen LogP contribution in [0.2, 0.25) is 0 Å². The third-order valence-corrected chi connectivity index (χ3v) is 8.51. The summed E-state index contributed by atoms with van der Waals surface area (Å²) in [5, 5.41) is 20.2. The van der Waals surface area contributed by atoms with E-state index < -0.39 is 12.2 Å². The third-order valence-electron chi connectivity index (χ3n) is 8.51. The molecule has 3 aliphatic rings. The Morgan fingerprint density at radius 1 is 1.21 bits per heavy atom. The van der Waals surface area contributed by atoms with Gasteiger partial charge in [0.2, 0.25) is 0 Å². The fourth-order valence-corrected chi connectivity index (χ4v) is 6.48. The van der Waals surface area contributed by atoms with Crippen LogP contribution in [0.25, 0.3) is 0 Å². The van der Waals surface area contributed by atoms with Gasteiger partial charge in [0, 0.05) is 11.8 Å². The maximum absolute atomic E-state index is 12.2. The van der Waals surface area contributed by atoms with Crippen molar-refractivity contribution in [2.24, 2.45) is 28.6 Å². The average molecular weight is 471 g/mol. The Bertz CT molecular complexity index is 809. The van der Waals surface area contributed by atoms with Crippen molar-refractivity contribution in [3.8, 4) is 0 Å². The van der Waals surface area contributed by atoms with Gasteiger partial charge in [-0.05, 0) is 85.3 Å². The molecule has 0 aromatic carbocycles. The highest BCUT2D eigenvalue weighted by Crippen LogP contribution is 2.59. The van der Waals surface area contributed by atoms with Gasteiger partial charge < -0.3 is 10.2 Å². The Hall–Kier alpha value is -1.45. The summed E-state index contributed by atoms with van der Waals surface area (Å²) in [7, 11) is 0. The van der Waals surface area contributed by atoms with Crippen LogP contribution < -0.4 is 0 Å². The van der Waals surface area contributed by atoms with Crippen LogP contribution in [-0.4, -0.2) is 28.2 Å².